The van der Waals surface area contributed by atoms with Crippen LogP contribution in [0.4, 0.5) is 8.78 Å². The highest BCUT2D eigenvalue weighted by atomic mass is 19.1. The first kappa shape index (κ1) is 13.0. The van der Waals surface area contributed by atoms with Crippen LogP contribution in [0.5, 0.6) is 0 Å². The third kappa shape index (κ3) is 2.35. The summed E-state index contributed by atoms with van der Waals surface area (Å²) in [5.41, 5.74) is 2.01. The highest BCUT2D eigenvalue weighted by molar-refractivity contribution is 5.96. The van der Waals surface area contributed by atoms with Gasteiger partial charge in [0, 0.05) is 11.8 Å². The molecule has 1 heterocycles. The van der Waals surface area contributed by atoms with Crippen molar-refractivity contribution in [3.63, 3.8) is 0 Å². The van der Waals surface area contributed by atoms with Crippen LogP contribution < -0.4 is 0 Å². The van der Waals surface area contributed by atoms with E-state index in [2.05, 4.69) is 4.98 Å². The maximum atomic E-state index is 13.6. The number of carbonyl (C=O) groups excluding carboxylic acids is 1. The monoisotopic (exact) mass is 276 g/mol. The fourth-order valence-corrected chi connectivity index (χ4v) is 2.62. The third-order valence-electron chi connectivity index (χ3n) is 3.66. The van der Waals surface area contributed by atoms with E-state index in [4.69, 9.17) is 0 Å². The van der Waals surface area contributed by atoms with Gasteiger partial charge in [0.15, 0.2) is 5.78 Å². The van der Waals surface area contributed by atoms with Gasteiger partial charge in [-0.3, -0.25) is 4.79 Å². The fourth-order valence-electron chi connectivity index (χ4n) is 2.62. The van der Waals surface area contributed by atoms with Crippen LogP contribution in [0.2, 0.25) is 0 Å². The summed E-state index contributed by atoms with van der Waals surface area (Å²) in [4.78, 5) is 16.4. The van der Waals surface area contributed by atoms with E-state index in [1.54, 1.807) is 10.9 Å². The maximum Gasteiger partial charge on any atom is 0.185 e. The van der Waals surface area contributed by atoms with Crippen molar-refractivity contribution >= 4 is 5.78 Å². The molecule has 3 nitrogen and oxygen atoms in total. The lowest BCUT2D eigenvalue weighted by atomic mass is 10.0. The van der Waals surface area contributed by atoms with Gasteiger partial charge in [0.25, 0.3) is 0 Å². The Kier molecular flexibility index (Phi) is 3.34. The number of ketones is 1. The van der Waals surface area contributed by atoms with Gasteiger partial charge in [-0.2, -0.15) is 0 Å². The van der Waals surface area contributed by atoms with E-state index in [-0.39, 0.29) is 17.9 Å². The van der Waals surface area contributed by atoms with Crippen molar-refractivity contribution in [2.75, 3.05) is 0 Å². The van der Waals surface area contributed by atoms with Crippen molar-refractivity contribution < 1.29 is 13.6 Å². The number of rotatable bonds is 3. The summed E-state index contributed by atoms with van der Waals surface area (Å²) >= 11 is 0. The molecule has 2 aromatic rings. The van der Waals surface area contributed by atoms with Crippen molar-refractivity contribution in [1.29, 1.82) is 0 Å². The molecule has 0 radical (unpaired) electrons. The van der Waals surface area contributed by atoms with Crippen LogP contribution in [0, 0.1) is 11.6 Å². The zero-order valence-electron chi connectivity index (χ0n) is 10.9. The molecule has 1 aromatic heterocycles. The van der Waals surface area contributed by atoms with Gasteiger partial charge in [-0.15, -0.1) is 0 Å². The third-order valence-corrected chi connectivity index (χ3v) is 3.66. The number of aryl methyl sites for hydroxylation is 1. The summed E-state index contributed by atoms with van der Waals surface area (Å²) < 4.78 is 28.2. The molecule has 0 saturated heterocycles. The number of benzene rings is 1. The summed E-state index contributed by atoms with van der Waals surface area (Å²) in [6.45, 7) is 0.0465. The van der Waals surface area contributed by atoms with Gasteiger partial charge < -0.3 is 4.57 Å². The average molecular weight is 276 g/mol. The molecule has 0 amide bonds. The minimum atomic E-state index is -0.816. The maximum absolute atomic E-state index is 13.6. The van der Waals surface area contributed by atoms with Crippen LogP contribution in [0.1, 0.15) is 34.6 Å². The molecule has 1 aliphatic carbocycles. The molecular formula is C15H14F2N2O. The highest BCUT2D eigenvalue weighted by Crippen LogP contribution is 2.20. The molecule has 0 aliphatic heterocycles. The Hall–Kier alpha value is -2.04. The largest absolute Gasteiger partial charge is 0.327 e. The highest BCUT2D eigenvalue weighted by Gasteiger charge is 2.18. The second-order valence-corrected chi connectivity index (χ2v) is 5.02. The van der Waals surface area contributed by atoms with E-state index in [0.717, 1.165) is 49.2 Å². The fraction of sp³-hybridized carbons (Fsp3) is 0.333. The van der Waals surface area contributed by atoms with Crippen LogP contribution >= 0.6 is 0 Å². The zero-order valence-corrected chi connectivity index (χ0v) is 10.9. The van der Waals surface area contributed by atoms with Crippen LogP contribution in [0.15, 0.2) is 24.5 Å². The number of halogens is 2. The molecule has 0 bridgehead atoms. The first-order chi connectivity index (χ1) is 9.65. The molecule has 0 saturated carbocycles. The summed E-state index contributed by atoms with van der Waals surface area (Å²) in [5, 5.41) is 0. The molecule has 1 aliphatic rings. The van der Waals surface area contributed by atoms with Gasteiger partial charge in [0.05, 0.1) is 24.1 Å². The van der Waals surface area contributed by atoms with E-state index in [9.17, 15) is 13.6 Å². The Morgan fingerprint density at radius 1 is 1.25 bits per heavy atom. The molecule has 0 fully saturated rings. The summed E-state index contributed by atoms with van der Waals surface area (Å²) in [6.07, 6.45) is 5.66. The molecule has 104 valence electrons. The molecule has 5 heteroatoms. The predicted octanol–water partition coefficient (Wildman–Crippen LogP) is 2.92. The van der Waals surface area contributed by atoms with E-state index in [0.29, 0.717) is 0 Å². The molecule has 1 aromatic carbocycles. The zero-order chi connectivity index (χ0) is 14.1. The number of aromatic nitrogens is 2. The van der Waals surface area contributed by atoms with Crippen LogP contribution in [-0.4, -0.2) is 15.3 Å². The normalized spacial score (nSPS) is 14.1. The standard InChI is InChI=1S/C15H14F2N2O/c16-10-5-6-11(12(17)7-10)15(20)8-19-9-18-13-3-1-2-4-14(13)19/h5-7,9H,1-4,8H2. The number of hydrogen-bond donors (Lipinski definition) is 0. The number of fused-ring (bicyclic) bond motifs is 1. The number of imidazole rings is 1. The van der Waals surface area contributed by atoms with Gasteiger partial charge in [0.2, 0.25) is 0 Å². The van der Waals surface area contributed by atoms with Gasteiger partial charge in [0.1, 0.15) is 11.6 Å². The van der Waals surface area contributed by atoms with Crippen molar-refractivity contribution in [3.05, 3.63) is 53.1 Å². The van der Waals surface area contributed by atoms with Crippen LogP contribution in [-0.2, 0) is 19.4 Å². The van der Waals surface area contributed by atoms with E-state index in [1.807, 2.05) is 0 Å². The molecule has 20 heavy (non-hydrogen) atoms. The lowest BCUT2D eigenvalue weighted by Gasteiger charge is -2.13. The number of carbonyl (C=O) groups is 1. The van der Waals surface area contributed by atoms with E-state index in [1.165, 1.54) is 6.07 Å². The first-order valence-electron chi connectivity index (χ1n) is 6.66. The summed E-state index contributed by atoms with van der Waals surface area (Å²) in [6, 6.07) is 3.02. The Bertz CT molecular complexity index is 664. The molecular weight excluding hydrogens is 262 g/mol. The summed E-state index contributed by atoms with van der Waals surface area (Å²) in [7, 11) is 0. The Morgan fingerprint density at radius 2 is 2.05 bits per heavy atom. The van der Waals surface area contributed by atoms with Gasteiger partial charge in [-0.05, 0) is 37.8 Å². The summed E-state index contributed by atoms with van der Waals surface area (Å²) in [5.74, 6) is -1.86. The topological polar surface area (TPSA) is 34.9 Å². The number of hydrogen-bond acceptors (Lipinski definition) is 2. The molecule has 3 rings (SSSR count). The lowest BCUT2D eigenvalue weighted by molar-refractivity contribution is 0.0967. The Balaban J connectivity index is 1.84. The molecule has 0 spiro atoms. The van der Waals surface area contributed by atoms with Crippen molar-refractivity contribution in [2.24, 2.45) is 0 Å². The average Bonchev–Trinajstić information content (AvgIpc) is 2.82. The molecule has 0 atom stereocenters. The number of nitrogens with zero attached hydrogens (tertiary/aromatic N) is 2. The second-order valence-electron chi connectivity index (χ2n) is 5.02. The van der Waals surface area contributed by atoms with Gasteiger partial charge in [-0.1, -0.05) is 0 Å². The Morgan fingerprint density at radius 3 is 2.85 bits per heavy atom. The van der Waals surface area contributed by atoms with Crippen LogP contribution in [0.25, 0.3) is 0 Å². The first-order valence-corrected chi connectivity index (χ1v) is 6.66. The molecule has 0 N–H and O–H groups in total. The predicted molar refractivity (Wildman–Crippen MR) is 69.6 cm³/mol. The van der Waals surface area contributed by atoms with Gasteiger partial charge >= 0.3 is 0 Å². The minimum Gasteiger partial charge on any atom is -0.327 e. The second kappa shape index (κ2) is 5.15. The minimum absolute atomic E-state index is 0.0465. The Labute approximate surface area is 115 Å². The van der Waals surface area contributed by atoms with Gasteiger partial charge in [-0.25, -0.2) is 13.8 Å². The van der Waals surface area contributed by atoms with Crippen molar-refractivity contribution in [2.45, 2.75) is 32.2 Å². The smallest absolute Gasteiger partial charge is 0.185 e. The van der Waals surface area contributed by atoms with Crippen molar-refractivity contribution in [3.8, 4) is 0 Å². The number of Topliss-reactive ketones (excluding diaryl/α,β-unsaturated/α-hetero) is 1. The van der Waals surface area contributed by atoms with E-state index >= 15 is 0 Å². The SMILES string of the molecule is O=C(Cn1cnc2c1CCCC2)c1ccc(F)cc1F. The molecule has 0 unspecified atom stereocenters. The lowest BCUT2D eigenvalue weighted by Crippen LogP contribution is -2.15. The van der Waals surface area contributed by atoms with Crippen molar-refractivity contribution in [1.82, 2.24) is 9.55 Å². The van der Waals surface area contributed by atoms with Crippen LogP contribution in [0.3, 0.4) is 0 Å². The van der Waals surface area contributed by atoms with E-state index < -0.39 is 11.6 Å². The quantitative estimate of drug-likeness (QED) is 0.808.